The number of fused-ring (bicyclic) bond motifs is 2. The Balaban J connectivity index is 0.000000176. The quantitative estimate of drug-likeness (QED) is 0.395. The van der Waals surface area contributed by atoms with Crippen LogP contribution in [0.15, 0.2) is 19.2 Å². The lowest BCUT2D eigenvalue weighted by Gasteiger charge is -2.00. The van der Waals surface area contributed by atoms with Gasteiger partial charge in [-0.15, -0.1) is 0 Å². The first-order valence-electron chi connectivity index (χ1n) is 9.68. The lowest BCUT2D eigenvalue weighted by molar-refractivity contribution is 0.765. The van der Waals surface area contributed by atoms with Crippen LogP contribution in [-0.4, -0.2) is 24.3 Å². The molecule has 0 saturated carbocycles. The van der Waals surface area contributed by atoms with Crippen molar-refractivity contribution in [3.63, 3.8) is 0 Å². The molecule has 0 N–H and O–H groups in total. The maximum Gasteiger partial charge on any atom is 0.277 e. The van der Waals surface area contributed by atoms with Crippen LogP contribution in [0.25, 0.3) is 0 Å². The van der Waals surface area contributed by atoms with Crippen molar-refractivity contribution >= 4 is 27.7 Å². The van der Waals surface area contributed by atoms with Gasteiger partial charge in [0.25, 0.3) is 22.2 Å². The second-order valence-corrected chi connectivity index (χ2v) is 9.03. The molecule has 0 spiro atoms. The molecule has 0 amide bonds. The summed E-state index contributed by atoms with van der Waals surface area (Å²) >= 11 is 4.98. The first-order valence-corrected chi connectivity index (χ1v) is 12.2. The SMILES string of the molecule is CSCc1c(C)c(=O)n2c(=O)c(C)c(C)n12.Cc1c(C)n2c(CBr)c(C)c(=O)n2c1=O. The third-order valence-electron chi connectivity index (χ3n) is 5.96. The Labute approximate surface area is 190 Å². The summed E-state index contributed by atoms with van der Waals surface area (Å²) in [6.07, 6.45) is 1.98. The normalized spacial score (nSPS) is 11.5. The summed E-state index contributed by atoms with van der Waals surface area (Å²) in [5.74, 6) is 0.742. The summed E-state index contributed by atoms with van der Waals surface area (Å²) in [5.41, 5.74) is 5.25. The van der Waals surface area contributed by atoms with Gasteiger partial charge in [0, 0.05) is 44.7 Å². The molecule has 0 fully saturated rings. The van der Waals surface area contributed by atoms with Crippen LogP contribution in [0.1, 0.15) is 45.0 Å². The summed E-state index contributed by atoms with van der Waals surface area (Å²) in [6.45, 7) is 10.7. The summed E-state index contributed by atoms with van der Waals surface area (Å²) < 4.78 is 5.90. The van der Waals surface area contributed by atoms with Crippen LogP contribution in [0.3, 0.4) is 0 Å². The van der Waals surface area contributed by atoms with Gasteiger partial charge < -0.3 is 0 Å². The highest BCUT2D eigenvalue weighted by molar-refractivity contribution is 9.08. The monoisotopic (exact) mass is 508 g/mol. The van der Waals surface area contributed by atoms with Gasteiger partial charge in [0.15, 0.2) is 0 Å². The average molecular weight is 509 g/mol. The van der Waals surface area contributed by atoms with Crippen molar-refractivity contribution in [2.75, 3.05) is 6.26 Å². The first-order chi connectivity index (χ1) is 14.5. The minimum atomic E-state index is -0.217. The van der Waals surface area contributed by atoms with Crippen LogP contribution in [0.2, 0.25) is 0 Å². The lowest BCUT2D eigenvalue weighted by Crippen LogP contribution is -2.23. The van der Waals surface area contributed by atoms with Crippen molar-refractivity contribution < 1.29 is 0 Å². The molecule has 0 aliphatic carbocycles. The van der Waals surface area contributed by atoms with Gasteiger partial charge in [-0.3, -0.25) is 28.2 Å². The number of aryl methyl sites for hydroxylation is 2. The Hall–Kier alpha value is -2.33. The number of nitrogens with zero attached hydrogens (tertiary/aromatic N) is 4. The van der Waals surface area contributed by atoms with E-state index in [4.69, 9.17) is 0 Å². The highest BCUT2D eigenvalue weighted by Gasteiger charge is 2.20. The van der Waals surface area contributed by atoms with Gasteiger partial charge in [0.1, 0.15) is 0 Å². The Morgan fingerprint density at radius 3 is 1.35 bits per heavy atom. The molecule has 0 atom stereocenters. The second-order valence-electron chi connectivity index (χ2n) is 7.60. The van der Waals surface area contributed by atoms with Crippen molar-refractivity contribution in [2.24, 2.45) is 0 Å². The second kappa shape index (κ2) is 8.31. The largest absolute Gasteiger partial charge is 0.277 e. The fraction of sp³-hybridized carbons (Fsp3) is 0.429. The van der Waals surface area contributed by atoms with Crippen molar-refractivity contribution in [1.29, 1.82) is 0 Å². The van der Waals surface area contributed by atoms with Gasteiger partial charge in [-0.1, -0.05) is 15.9 Å². The minimum Gasteiger partial charge on any atom is -0.267 e. The molecule has 0 radical (unpaired) electrons. The van der Waals surface area contributed by atoms with Gasteiger partial charge in [-0.25, -0.2) is 0 Å². The zero-order valence-corrected chi connectivity index (χ0v) is 21.0. The number of hydrogen-bond donors (Lipinski definition) is 0. The van der Waals surface area contributed by atoms with Crippen LogP contribution in [0, 0.1) is 41.5 Å². The Bertz CT molecular complexity index is 1530. The van der Waals surface area contributed by atoms with E-state index < -0.39 is 0 Å². The standard InChI is InChI=1S/C11H14N2O2S.C10H11BrN2O2/c1-6-8(3)12-9(5-16-4)7(2)11(15)13(12)10(6)14;1-5-7(3)12-8(4-11)6(2)10(15)13(12)9(5)14/h5H2,1-4H3;4H2,1-3H3. The van der Waals surface area contributed by atoms with E-state index in [1.807, 2.05) is 20.1 Å². The molecule has 0 aliphatic heterocycles. The summed E-state index contributed by atoms with van der Waals surface area (Å²) in [7, 11) is 0. The van der Waals surface area contributed by atoms with Gasteiger partial charge >= 0.3 is 0 Å². The zero-order chi connectivity index (χ0) is 23.4. The van der Waals surface area contributed by atoms with Gasteiger partial charge in [0.05, 0.1) is 11.4 Å². The molecule has 0 aliphatic rings. The summed E-state index contributed by atoms with van der Waals surface area (Å²) in [5, 5.41) is 0.568. The molecule has 0 aromatic carbocycles. The molecule has 4 aromatic heterocycles. The van der Waals surface area contributed by atoms with Gasteiger partial charge in [0.2, 0.25) is 0 Å². The van der Waals surface area contributed by atoms with E-state index in [2.05, 4.69) is 15.9 Å². The summed E-state index contributed by atoms with van der Waals surface area (Å²) in [4.78, 5) is 47.4. The van der Waals surface area contributed by atoms with Crippen molar-refractivity contribution in [3.05, 3.63) is 86.4 Å². The fourth-order valence-corrected chi connectivity index (χ4v) is 5.05. The molecule has 166 valence electrons. The number of rotatable bonds is 3. The molecule has 4 aromatic rings. The smallest absolute Gasteiger partial charge is 0.267 e. The Morgan fingerprint density at radius 1 is 0.613 bits per heavy atom. The first kappa shape index (κ1) is 23.3. The molecular weight excluding hydrogens is 484 g/mol. The number of thioether (sulfide) groups is 1. The van der Waals surface area contributed by atoms with E-state index >= 15 is 0 Å². The van der Waals surface area contributed by atoms with Gasteiger partial charge in [-0.2, -0.15) is 20.8 Å². The van der Waals surface area contributed by atoms with Crippen LogP contribution >= 0.6 is 27.7 Å². The molecule has 4 heterocycles. The Morgan fingerprint density at radius 2 is 0.968 bits per heavy atom. The summed E-state index contributed by atoms with van der Waals surface area (Å²) in [6, 6.07) is 0. The van der Waals surface area contributed by atoms with E-state index in [-0.39, 0.29) is 22.2 Å². The van der Waals surface area contributed by atoms with E-state index in [0.29, 0.717) is 27.6 Å². The number of alkyl halides is 1. The molecule has 0 bridgehead atoms. The van der Waals surface area contributed by atoms with E-state index in [1.54, 1.807) is 48.5 Å². The fourth-order valence-electron chi connectivity index (χ4n) is 3.78. The molecule has 0 saturated heterocycles. The van der Waals surface area contributed by atoms with Crippen LogP contribution in [0.5, 0.6) is 0 Å². The third-order valence-corrected chi connectivity index (χ3v) is 7.05. The lowest BCUT2D eigenvalue weighted by atomic mass is 10.2. The maximum absolute atomic E-state index is 11.9. The molecular formula is C21H25BrN4O4S. The Kier molecular flexibility index (Phi) is 6.25. The van der Waals surface area contributed by atoms with Crippen LogP contribution in [0.4, 0.5) is 0 Å². The van der Waals surface area contributed by atoms with Gasteiger partial charge in [-0.05, 0) is 47.8 Å². The van der Waals surface area contributed by atoms with E-state index in [0.717, 1.165) is 28.5 Å². The molecule has 31 heavy (non-hydrogen) atoms. The van der Waals surface area contributed by atoms with Crippen molar-refractivity contribution in [1.82, 2.24) is 18.1 Å². The van der Waals surface area contributed by atoms with Crippen molar-refractivity contribution in [2.45, 2.75) is 52.6 Å². The molecule has 10 heteroatoms. The number of hydrogen-bond acceptors (Lipinski definition) is 5. The maximum atomic E-state index is 11.9. The molecule has 8 nitrogen and oxygen atoms in total. The predicted molar refractivity (Wildman–Crippen MR) is 127 cm³/mol. The van der Waals surface area contributed by atoms with Crippen LogP contribution in [-0.2, 0) is 11.1 Å². The number of aromatic nitrogens is 4. The van der Waals surface area contributed by atoms with E-state index in [9.17, 15) is 19.2 Å². The topological polar surface area (TPSA) is 85.9 Å². The third kappa shape index (κ3) is 3.27. The highest BCUT2D eigenvalue weighted by Crippen LogP contribution is 2.14. The number of halogens is 1. The average Bonchev–Trinajstić information content (AvgIpc) is 3.32. The molecule has 4 rings (SSSR count). The highest BCUT2D eigenvalue weighted by atomic mass is 79.9. The zero-order valence-electron chi connectivity index (χ0n) is 18.6. The van der Waals surface area contributed by atoms with Crippen molar-refractivity contribution in [3.8, 4) is 0 Å². The van der Waals surface area contributed by atoms with E-state index in [1.165, 1.54) is 9.03 Å². The predicted octanol–water partition coefficient (Wildman–Crippen LogP) is 2.00. The van der Waals surface area contributed by atoms with Crippen LogP contribution < -0.4 is 22.2 Å². The molecule has 0 unspecified atom stereocenters. The minimum absolute atomic E-state index is 0.190.